The number of hydrogen-bond acceptors (Lipinski definition) is 6. The molecule has 2 heterocycles. The van der Waals surface area contributed by atoms with E-state index in [0.29, 0.717) is 46.9 Å². The van der Waals surface area contributed by atoms with Gasteiger partial charge in [0.25, 0.3) is 0 Å². The van der Waals surface area contributed by atoms with Crippen molar-refractivity contribution in [1.82, 2.24) is 15.1 Å². The molecular weight excluding hydrogens is 524 g/mol. The van der Waals surface area contributed by atoms with Gasteiger partial charge in [-0.15, -0.1) is 0 Å². The van der Waals surface area contributed by atoms with E-state index in [1.807, 2.05) is 17.0 Å². The SMILES string of the molecule is CN1CCN(C(=O)CCc2cccc(Oc3ccc(C(=O)CC4CC(C)(C)NC(C)(C)C4)cc3Cl)c2C#N)CC1. The molecule has 1 amide bonds. The summed E-state index contributed by atoms with van der Waals surface area (Å²) in [4.78, 5) is 30.0. The number of ketones is 1. The zero-order valence-corrected chi connectivity index (χ0v) is 25.1. The first-order chi connectivity index (χ1) is 18.9. The highest BCUT2D eigenvalue weighted by atomic mass is 35.5. The fraction of sp³-hybridized carbons (Fsp3) is 0.531. The number of nitrogens with one attached hydrogen (secondary N) is 1. The molecule has 0 spiro atoms. The van der Waals surface area contributed by atoms with Crippen LogP contribution in [0.5, 0.6) is 11.5 Å². The normalized spacial score (nSPS) is 19.2. The van der Waals surface area contributed by atoms with E-state index >= 15 is 0 Å². The summed E-state index contributed by atoms with van der Waals surface area (Å²) in [6.07, 6.45) is 3.14. The van der Waals surface area contributed by atoms with E-state index in [9.17, 15) is 14.9 Å². The van der Waals surface area contributed by atoms with Gasteiger partial charge in [0.05, 0.1) is 10.6 Å². The van der Waals surface area contributed by atoms with Crippen molar-refractivity contribution in [3.8, 4) is 17.6 Å². The molecule has 2 aliphatic rings. The highest BCUT2D eigenvalue weighted by Crippen LogP contribution is 2.37. The van der Waals surface area contributed by atoms with Crippen molar-refractivity contribution >= 4 is 23.3 Å². The summed E-state index contributed by atoms with van der Waals surface area (Å²) < 4.78 is 6.07. The average Bonchev–Trinajstić information content (AvgIpc) is 2.87. The maximum Gasteiger partial charge on any atom is 0.222 e. The molecule has 0 saturated carbocycles. The number of nitriles is 1. The Morgan fingerprint density at radius 3 is 2.35 bits per heavy atom. The maximum absolute atomic E-state index is 13.2. The minimum atomic E-state index is -0.0209. The van der Waals surface area contributed by atoms with Crippen LogP contribution >= 0.6 is 11.6 Å². The number of hydrogen-bond donors (Lipinski definition) is 1. The largest absolute Gasteiger partial charge is 0.454 e. The minimum Gasteiger partial charge on any atom is -0.454 e. The first kappa shape index (κ1) is 30.0. The molecule has 8 heteroatoms. The van der Waals surface area contributed by atoms with Crippen LogP contribution in [0, 0.1) is 17.2 Å². The molecule has 0 bridgehead atoms. The van der Waals surface area contributed by atoms with Crippen LogP contribution in [0.4, 0.5) is 0 Å². The monoisotopic (exact) mass is 564 g/mol. The molecule has 40 heavy (non-hydrogen) atoms. The van der Waals surface area contributed by atoms with Gasteiger partial charge >= 0.3 is 0 Å². The molecule has 0 aliphatic carbocycles. The van der Waals surface area contributed by atoms with Crippen LogP contribution < -0.4 is 10.1 Å². The number of piperidine rings is 1. The van der Waals surface area contributed by atoms with E-state index in [1.165, 1.54) is 0 Å². The van der Waals surface area contributed by atoms with Gasteiger partial charge < -0.3 is 19.9 Å². The lowest BCUT2D eigenvalue weighted by Crippen LogP contribution is -2.57. The molecule has 2 saturated heterocycles. The van der Waals surface area contributed by atoms with Crippen LogP contribution in [0.15, 0.2) is 36.4 Å². The zero-order valence-electron chi connectivity index (χ0n) is 24.3. The van der Waals surface area contributed by atoms with E-state index in [1.54, 1.807) is 24.3 Å². The van der Waals surface area contributed by atoms with E-state index in [-0.39, 0.29) is 28.7 Å². The third-order valence-corrected chi connectivity index (χ3v) is 8.21. The van der Waals surface area contributed by atoms with Crippen LogP contribution in [-0.4, -0.2) is 65.8 Å². The number of likely N-dealkylation sites (N-methyl/N-ethyl adjacent to an activating group) is 1. The number of benzene rings is 2. The van der Waals surface area contributed by atoms with Crippen molar-refractivity contribution in [1.29, 1.82) is 5.26 Å². The molecule has 0 atom stereocenters. The second-order valence-electron chi connectivity index (χ2n) is 12.6. The second kappa shape index (κ2) is 12.3. The lowest BCUT2D eigenvalue weighted by molar-refractivity contribution is -0.132. The fourth-order valence-corrected chi connectivity index (χ4v) is 6.61. The van der Waals surface area contributed by atoms with Gasteiger partial charge in [-0.1, -0.05) is 23.7 Å². The van der Waals surface area contributed by atoms with Crippen LogP contribution in [0.2, 0.25) is 5.02 Å². The topological polar surface area (TPSA) is 85.7 Å². The molecular formula is C32H41ClN4O3. The van der Waals surface area contributed by atoms with E-state index in [4.69, 9.17) is 16.3 Å². The molecule has 2 fully saturated rings. The van der Waals surface area contributed by atoms with E-state index in [0.717, 1.165) is 44.6 Å². The Hall–Kier alpha value is -2.92. The van der Waals surface area contributed by atoms with Gasteiger partial charge in [-0.2, -0.15) is 5.26 Å². The highest BCUT2D eigenvalue weighted by Gasteiger charge is 2.38. The summed E-state index contributed by atoms with van der Waals surface area (Å²) in [5.41, 5.74) is 1.67. The number of carbonyl (C=O) groups is 2. The number of ether oxygens (including phenoxy) is 1. The minimum absolute atomic E-state index is 0.0209. The number of aryl methyl sites for hydroxylation is 1. The summed E-state index contributed by atoms with van der Waals surface area (Å²) in [7, 11) is 2.06. The molecule has 2 aromatic rings. The second-order valence-corrected chi connectivity index (χ2v) is 13.0. The number of piperazine rings is 1. The van der Waals surface area contributed by atoms with Crippen molar-refractivity contribution in [3.05, 3.63) is 58.1 Å². The molecule has 2 aromatic carbocycles. The zero-order chi connectivity index (χ0) is 29.1. The number of rotatable bonds is 8. The Labute approximate surface area is 243 Å². The average molecular weight is 565 g/mol. The van der Waals surface area contributed by atoms with Crippen molar-refractivity contribution in [2.75, 3.05) is 33.2 Å². The Morgan fingerprint density at radius 2 is 1.73 bits per heavy atom. The predicted octanol–water partition coefficient (Wildman–Crippen LogP) is 5.84. The Balaban J connectivity index is 1.41. The third-order valence-electron chi connectivity index (χ3n) is 7.91. The molecule has 0 aromatic heterocycles. The summed E-state index contributed by atoms with van der Waals surface area (Å²) in [6, 6.07) is 12.7. The molecule has 0 unspecified atom stereocenters. The van der Waals surface area contributed by atoms with E-state index < -0.39 is 0 Å². The van der Waals surface area contributed by atoms with Crippen LogP contribution in [0.25, 0.3) is 0 Å². The van der Waals surface area contributed by atoms with Crippen LogP contribution in [0.1, 0.15) is 74.9 Å². The van der Waals surface area contributed by atoms with Gasteiger partial charge in [-0.25, -0.2) is 0 Å². The number of amides is 1. The third kappa shape index (κ3) is 7.63. The summed E-state index contributed by atoms with van der Waals surface area (Å²) in [6.45, 7) is 11.9. The van der Waals surface area contributed by atoms with Gasteiger partial charge in [0, 0.05) is 55.7 Å². The first-order valence-electron chi connectivity index (χ1n) is 14.1. The molecule has 1 N–H and O–H groups in total. The lowest BCUT2D eigenvalue weighted by Gasteiger charge is -2.46. The maximum atomic E-state index is 13.2. The highest BCUT2D eigenvalue weighted by molar-refractivity contribution is 6.32. The molecule has 7 nitrogen and oxygen atoms in total. The van der Waals surface area contributed by atoms with Gasteiger partial charge in [-0.05, 0) is 89.8 Å². The number of halogens is 1. The van der Waals surface area contributed by atoms with Crippen molar-refractivity contribution < 1.29 is 14.3 Å². The molecule has 4 rings (SSSR count). The molecule has 0 radical (unpaired) electrons. The van der Waals surface area contributed by atoms with Crippen LogP contribution in [-0.2, 0) is 11.2 Å². The summed E-state index contributed by atoms with van der Waals surface area (Å²) >= 11 is 6.57. The van der Waals surface area contributed by atoms with Crippen molar-refractivity contribution in [3.63, 3.8) is 0 Å². The molecule has 2 aliphatic heterocycles. The first-order valence-corrected chi connectivity index (χ1v) is 14.5. The van der Waals surface area contributed by atoms with Gasteiger partial charge in [0.1, 0.15) is 17.6 Å². The smallest absolute Gasteiger partial charge is 0.222 e. The molecule has 214 valence electrons. The standard InChI is InChI=1S/C32H41ClN4O3/c1-31(2)19-22(20-32(3,4)35-31)17-27(38)24-9-11-29(26(33)18-24)40-28-8-6-7-23(25(28)21-34)10-12-30(39)37-15-13-36(5)14-16-37/h6-9,11,18,22,35H,10,12-17,19-20H2,1-5H3. The van der Waals surface area contributed by atoms with Crippen molar-refractivity contribution in [2.45, 2.75) is 70.9 Å². The summed E-state index contributed by atoms with van der Waals surface area (Å²) in [5.74, 6) is 1.22. The summed E-state index contributed by atoms with van der Waals surface area (Å²) in [5, 5.41) is 13.9. The number of carbonyl (C=O) groups excluding carboxylic acids is 2. The number of nitrogens with zero attached hydrogens (tertiary/aromatic N) is 3. The fourth-order valence-electron chi connectivity index (χ4n) is 6.39. The van der Waals surface area contributed by atoms with Crippen LogP contribution in [0.3, 0.4) is 0 Å². The van der Waals surface area contributed by atoms with Crippen molar-refractivity contribution in [2.24, 2.45) is 5.92 Å². The predicted molar refractivity (Wildman–Crippen MR) is 158 cm³/mol. The van der Waals surface area contributed by atoms with Gasteiger partial charge in [0.2, 0.25) is 5.91 Å². The quantitative estimate of drug-likeness (QED) is 0.405. The Morgan fingerprint density at radius 1 is 1.05 bits per heavy atom. The van der Waals surface area contributed by atoms with Gasteiger partial charge in [-0.3, -0.25) is 9.59 Å². The Bertz CT molecular complexity index is 1280. The van der Waals surface area contributed by atoms with E-state index in [2.05, 4.69) is 51.0 Å². The lowest BCUT2D eigenvalue weighted by atomic mass is 9.74. The Kier molecular flexibility index (Phi) is 9.24. The van der Waals surface area contributed by atoms with Gasteiger partial charge in [0.15, 0.2) is 5.78 Å². The number of Topliss-reactive ketones (excluding diaryl/α,β-unsaturated/α-hetero) is 1.